The monoisotopic (exact) mass is 233 g/mol. The molecule has 1 unspecified atom stereocenters. The highest BCUT2D eigenvalue weighted by molar-refractivity contribution is 5.80. The van der Waals surface area contributed by atoms with Crippen molar-refractivity contribution in [3.05, 3.63) is 17.7 Å². The van der Waals surface area contributed by atoms with E-state index in [0.717, 1.165) is 38.8 Å². The van der Waals surface area contributed by atoms with Gasteiger partial charge in [-0.2, -0.15) is 0 Å². The molecule has 17 heavy (non-hydrogen) atoms. The zero-order valence-corrected chi connectivity index (χ0v) is 10.1. The molecule has 2 heterocycles. The zero-order chi connectivity index (χ0) is 11.7. The minimum atomic E-state index is 0.219. The molecule has 1 N–H and O–H groups in total. The quantitative estimate of drug-likeness (QED) is 0.855. The van der Waals surface area contributed by atoms with E-state index >= 15 is 0 Å². The van der Waals surface area contributed by atoms with Crippen LogP contribution < -0.4 is 5.32 Å². The summed E-state index contributed by atoms with van der Waals surface area (Å²) < 4.78 is 2.26. The average molecular weight is 233 g/mol. The molecule has 0 radical (unpaired) electrons. The second-order valence-electron chi connectivity index (χ2n) is 5.10. The summed E-state index contributed by atoms with van der Waals surface area (Å²) >= 11 is 0. The topological polar surface area (TPSA) is 46.9 Å². The minimum absolute atomic E-state index is 0.219. The lowest BCUT2D eigenvalue weighted by Gasteiger charge is -2.15. The van der Waals surface area contributed by atoms with Crippen LogP contribution in [-0.4, -0.2) is 22.0 Å². The van der Waals surface area contributed by atoms with Crippen molar-refractivity contribution in [1.29, 1.82) is 0 Å². The fourth-order valence-electron chi connectivity index (χ4n) is 2.94. The van der Waals surface area contributed by atoms with Crippen LogP contribution in [-0.2, 0) is 24.2 Å². The molecular formula is C13H19N3O. The normalized spacial score (nSPS) is 23.5. The maximum Gasteiger partial charge on any atom is 0.223 e. The Morgan fingerprint density at radius 2 is 2.29 bits per heavy atom. The van der Waals surface area contributed by atoms with Crippen molar-refractivity contribution < 1.29 is 4.79 Å². The summed E-state index contributed by atoms with van der Waals surface area (Å²) in [6.07, 6.45) is 8.75. The van der Waals surface area contributed by atoms with E-state index < -0.39 is 0 Å². The summed E-state index contributed by atoms with van der Waals surface area (Å²) in [5, 5.41) is 2.90. The lowest BCUT2D eigenvalue weighted by atomic mass is 10.0. The fourth-order valence-corrected chi connectivity index (χ4v) is 2.94. The van der Waals surface area contributed by atoms with Crippen molar-refractivity contribution in [2.75, 3.05) is 6.54 Å². The third kappa shape index (κ3) is 2.08. The molecule has 1 aliphatic heterocycles. The van der Waals surface area contributed by atoms with Gasteiger partial charge < -0.3 is 9.88 Å². The number of hydrogen-bond acceptors (Lipinski definition) is 2. The van der Waals surface area contributed by atoms with E-state index in [9.17, 15) is 4.79 Å². The molecule has 1 fully saturated rings. The third-order valence-corrected chi connectivity index (χ3v) is 3.99. The molecule has 0 spiro atoms. The molecule has 4 nitrogen and oxygen atoms in total. The Hall–Kier alpha value is -1.32. The van der Waals surface area contributed by atoms with Crippen molar-refractivity contribution in [2.45, 2.75) is 45.1 Å². The minimum Gasteiger partial charge on any atom is -0.356 e. The Kier molecular flexibility index (Phi) is 2.87. The van der Waals surface area contributed by atoms with Crippen LogP contribution in [0, 0.1) is 5.92 Å². The Balaban J connectivity index is 1.65. The van der Waals surface area contributed by atoms with E-state index in [-0.39, 0.29) is 11.8 Å². The fraction of sp³-hybridized carbons (Fsp3) is 0.692. The summed E-state index contributed by atoms with van der Waals surface area (Å²) in [6, 6.07) is 0. The SMILES string of the molecule is O=C1NCCC1CCn1cnc2c1CCCC2. The second-order valence-corrected chi connectivity index (χ2v) is 5.10. The van der Waals surface area contributed by atoms with Crippen LogP contribution in [0.25, 0.3) is 0 Å². The van der Waals surface area contributed by atoms with Gasteiger partial charge in [-0.3, -0.25) is 4.79 Å². The maximum atomic E-state index is 11.5. The summed E-state index contributed by atoms with van der Waals surface area (Å²) in [5.74, 6) is 0.454. The molecule has 1 atom stereocenters. The van der Waals surface area contributed by atoms with Gasteiger partial charge in [0.1, 0.15) is 0 Å². The third-order valence-electron chi connectivity index (χ3n) is 3.99. The maximum absolute atomic E-state index is 11.5. The highest BCUT2D eigenvalue weighted by Gasteiger charge is 2.24. The predicted octanol–water partition coefficient (Wildman–Crippen LogP) is 1.29. The number of nitrogens with zero attached hydrogens (tertiary/aromatic N) is 2. The summed E-state index contributed by atoms with van der Waals surface area (Å²) in [5.41, 5.74) is 2.70. The van der Waals surface area contributed by atoms with Crippen molar-refractivity contribution >= 4 is 5.91 Å². The average Bonchev–Trinajstić information content (AvgIpc) is 2.93. The van der Waals surface area contributed by atoms with Gasteiger partial charge in [0.15, 0.2) is 0 Å². The Morgan fingerprint density at radius 3 is 3.12 bits per heavy atom. The molecule has 1 aromatic heterocycles. The molecule has 1 aromatic rings. The molecule has 0 bridgehead atoms. The first-order chi connectivity index (χ1) is 8.34. The first-order valence-corrected chi connectivity index (χ1v) is 6.65. The van der Waals surface area contributed by atoms with Crippen LogP contribution in [0.15, 0.2) is 6.33 Å². The first-order valence-electron chi connectivity index (χ1n) is 6.65. The number of carbonyl (C=O) groups is 1. The summed E-state index contributed by atoms with van der Waals surface area (Å²) in [7, 11) is 0. The highest BCUT2D eigenvalue weighted by Crippen LogP contribution is 2.21. The van der Waals surface area contributed by atoms with Crippen molar-refractivity contribution in [2.24, 2.45) is 5.92 Å². The van der Waals surface area contributed by atoms with Gasteiger partial charge in [0.05, 0.1) is 12.0 Å². The number of amides is 1. The van der Waals surface area contributed by atoms with Gasteiger partial charge in [0, 0.05) is 24.7 Å². The predicted molar refractivity (Wildman–Crippen MR) is 64.6 cm³/mol. The van der Waals surface area contributed by atoms with Gasteiger partial charge in [0.25, 0.3) is 0 Å². The Labute approximate surface area is 101 Å². The number of imidazole rings is 1. The Morgan fingerprint density at radius 1 is 1.41 bits per heavy atom. The number of aryl methyl sites for hydroxylation is 2. The van der Waals surface area contributed by atoms with E-state index in [2.05, 4.69) is 14.9 Å². The Bertz CT molecular complexity index is 424. The largest absolute Gasteiger partial charge is 0.356 e. The number of rotatable bonds is 3. The van der Waals surface area contributed by atoms with E-state index in [1.54, 1.807) is 0 Å². The van der Waals surface area contributed by atoms with Crippen LogP contribution in [0.1, 0.15) is 37.1 Å². The number of fused-ring (bicyclic) bond motifs is 1. The molecule has 0 saturated carbocycles. The van der Waals surface area contributed by atoms with Gasteiger partial charge in [0.2, 0.25) is 5.91 Å². The lowest BCUT2D eigenvalue weighted by molar-refractivity contribution is -0.122. The van der Waals surface area contributed by atoms with Crippen LogP contribution in [0.4, 0.5) is 0 Å². The highest BCUT2D eigenvalue weighted by atomic mass is 16.2. The molecule has 1 aliphatic carbocycles. The van der Waals surface area contributed by atoms with Crippen LogP contribution >= 0.6 is 0 Å². The van der Waals surface area contributed by atoms with Gasteiger partial charge in [-0.25, -0.2) is 4.98 Å². The molecule has 1 amide bonds. The van der Waals surface area contributed by atoms with Crippen LogP contribution in [0.3, 0.4) is 0 Å². The molecule has 2 aliphatic rings. The van der Waals surface area contributed by atoms with Gasteiger partial charge in [-0.05, 0) is 38.5 Å². The molecule has 0 aromatic carbocycles. The summed E-state index contributed by atoms with van der Waals surface area (Å²) in [4.78, 5) is 16.0. The molecule has 92 valence electrons. The number of hydrogen-bond donors (Lipinski definition) is 1. The summed E-state index contributed by atoms with van der Waals surface area (Å²) in [6.45, 7) is 1.80. The molecule has 1 saturated heterocycles. The first kappa shape index (κ1) is 10.8. The standard InChI is InChI=1S/C13H19N3O/c17-13-10(5-7-14-13)6-8-16-9-15-11-3-1-2-4-12(11)16/h9-10H,1-8H2,(H,14,17). The van der Waals surface area contributed by atoms with E-state index in [1.165, 1.54) is 24.2 Å². The second kappa shape index (κ2) is 4.51. The van der Waals surface area contributed by atoms with Gasteiger partial charge in [-0.15, -0.1) is 0 Å². The van der Waals surface area contributed by atoms with Crippen molar-refractivity contribution in [3.63, 3.8) is 0 Å². The number of nitrogens with one attached hydrogen (secondary N) is 1. The van der Waals surface area contributed by atoms with Crippen molar-refractivity contribution in [1.82, 2.24) is 14.9 Å². The molecule has 3 rings (SSSR count). The van der Waals surface area contributed by atoms with E-state index in [0.29, 0.717) is 0 Å². The van der Waals surface area contributed by atoms with Crippen LogP contribution in [0.2, 0.25) is 0 Å². The lowest BCUT2D eigenvalue weighted by Crippen LogP contribution is -2.20. The van der Waals surface area contributed by atoms with Gasteiger partial charge in [-0.1, -0.05) is 0 Å². The van der Waals surface area contributed by atoms with Crippen LogP contribution in [0.5, 0.6) is 0 Å². The molecule has 4 heteroatoms. The number of carbonyl (C=O) groups excluding carboxylic acids is 1. The smallest absolute Gasteiger partial charge is 0.223 e. The van der Waals surface area contributed by atoms with Crippen molar-refractivity contribution in [3.8, 4) is 0 Å². The molecular weight excluding hydrogens is 214 g/mol. The van der Waals surface area contributed by atoms with E-state index in [4.69, 9.17) is 0 Å². The van der Waals surface area contributed by atoms with Gasteiger partial charge >= 0.3 is 0 Å². The number of aromatic nitrogens is 2. The zero-order valence-electron chi connectivity index (χ0n) is 10.1. The van der Waals surface area contributed by atoms with E-state index in [1.807, 2.05) is 6.33 Å².